The minimum Gasteiger partial charge on any atom is -0.480 e. The lowest BCUT2D eigenvalue weighted by Crippen LogP contribution is -2.48. The molecule has 0 aliphatic rings. The van der Waals surface area contributed by atoms with Crippen LogP contribution in [0.15, 0.2) is 91.0 Å². The first-order chi connectivity index (χ1) is 15.9. The summed E-state index contributed by atoms with van der Waals surface area (Å²) in [6.07, 6.45) is 0.0711. The number of hydrogen-bond donors (Lipinski definition) is 4. The summed E-state index contributed by atoms with van der Waals surface area (Å²) in [4.78, 5) is 35.8. The fourth-order valence-electron chi connectivity index (χ4n) is 3.76. The Morgan fingerprint density at radius 2 is 1.21 bits per heavy atom. The lowest BCUT2D eigenvalue weighted by atomic mass is 9.77. The molecule has 0 bridgehead atoms. The molecule has 0 aliphatic carbocycles. The third kappa shape index (κ3) is 5.84. The Morgan fingerprint density at radius 1 is 0.788 bits per heavy atom. The Hall–Kier alpha value is -3.97. The summed E-state index contributed by atoms with van der Waals surface area (Å²) in [6, 6.07) is 28.1. The number of rotatable bonds is 10. The van der Waals surface area contributed by atoms with Crippen LogP contribution in [0.4, 0.5) is 0 Å². The first kappa shape index (κ1) is 23.7. The number of aliphatic carboxylic acids is 1. The number of benzene rings is 3. The molecular weight excluding hydrogens is 418 g/mol. The second-order valence-electron chi connectivity index (χ2n) is 7.65. The van der Waals surface area contributed by atoms with Crippen LogP contribution in [-0.2, 0) is 19.9 Å². The zero-order valence-corrected chi connectivity index (χ0v) is 18.1. The summed E-state index contributed by atoms with van der Waals surface area (Å²) in [5.41, 5.74) is 7.58. The van der Waals surface area contributed by atoms with Crippen LogP contribution in [-0.4, -0.2) is 35.5 Å². The minimum absolute atomic E-state index is 0.00406. The first-order valence-corrected chi connectivity index (χ1v) is 10.7. The zero-order chi connectivity index (χ0) is 23.7. The topological polar surface area (TPSA) is 122 Å². The predicted molar refractivity (Wildman–Crippen MR) is 125 cm³/mol. The molecule has 0 heterocycles. The van der Waals surface area contributed by atoms with Crippen LogP contribution in [0, 0.1) is 0 Å². The number of nitrogens with one attached hydrogen (secondary N) is 2. The lowest BCUT2D eigenvalue weighted by Gasteiger charge is -2.37. The highest BCUT2D eigenvalue weighted by Crippen LogP contribution is 2.36. The van der Waals surface area contributed by atoms with Gasteiger partial charge in [-0.1, -0.05) is 91.0 Å². The molecule has 2 amide bonds. The summed E-state index contributed by atoms with van der Waals surface area (Å²) >= 11 is 0. The maximum Gasteiger partial charge on any atom is 0.322 e. The van der Waals surface area contributed by atoms with Gasteiger partial charge in [0.1, 0.15) is 12.1 Å². The Kier molecular flexibility index (Phi) is 7.94. The molecule has 1 atom stereocenters. The van der Waals surface area contributed by atoms with Crippen LogP contribution in [0.25, 0.3) is 0 Å². The van der Waals surface area contributed by atoms with Gasteiger partial charge in [-0.15, -0.1) is 0 Å². The first-order valence-electron chi connectivity index (χ1n) is 10.7. The Labute approximate surface area is 192 Å². The predicted octanol–water partition coefficient (Wildman–Crippen LogP) is 2.40. The van der Waals surface area contributed by atoms with Crippen LogP contribution >= 0.6 is 0 Å². The molecule has 5 N–H and O–H groups in total. The van der Waals surface area contributed by atoms with Crippen LogP contribution in [0.5, 0.6) is 0 Å². The van der Waals surface area contributed by atoms with Crippen molar-refractivity contribution >= 4 is 17.8 Å². The van der Waals surface area contributed by atoms with Crippen molar-refractivity contribution in [3.05, 3.63) is 108 Å². The van der Waals surface area contributed by atoms with Crippen molar-refractivity contribution < 1.29 is 19.5 Å². The average molecular weight is 446 g/mol. The second kappa shape index (κ2) is 11.1. The summed E-state index contributed by atoms with van der Waals surface area (Å²) in [5.74, 6) is -2.05. The summed E-state index contributed by atoms with van der Waals surface area (Å²) in [5, 5.41) is 14.1. The molecule has 33 heavy (non-hydrogen) atoms. The standard InChI is InChI=1S/C26H27N3O4/c27-22(25(33)28-18-24(31)32)16-17-23(30)29-26(19-10-4-1-5-11-19,20-12-6-2-7-13-20)21-14-8-3-9-15-21/h1-15,22H,16-18,27H2,(H,28,33)(H,29,30)(H,31,32)/t22-/m0/s1. The largest absolute Gasteiger partial charge is 0.480 e. The lowest BCUT2D eigenvalue weighted by molar-refractivity contribution is -0.138. The van der Waals surface area contributed by atoms with Crippen molar-refractivity contribution in [2.45, 2.75) is 24.4 Å². The van der Waals surface area contributed by atoms with Gasteiger partial charge in [0, 0.05) is 6.42 Å². The molecule has 3 rings (SSSR count). The molecule has 0 saturated carbocycles. The molecule has 0 aliphatic heterocycles. The highest BCUT2D eigenvalue weighted by Gasteiger charge is 2.37. The smallest absolute Gasteiger partial charge is 0.322 e. The van der Waals surface area contributed by atoms with Gasteiger partial charge in [-0.3, -0.25) is 14.4 Å². The van der Waals surface area contributed by atoms with E-state index in [0.717, 1.165) is 16.7 Å². The summed E-state index contributed by atoms with van der Waals surface area (Å²) in [6.45, 7) is -0.516. The number of carboxylic acid groups (broad SMARTS) is 1. The van der Waals surface area contributed by atoms with Crippen molar-refractivity contribution in [3.8, 4) is 0 Å². The molecular formula is C26H27N3O4. The van der Waals surface area contributed by atoms with E-state index >= 15 is 0 Å². The molecule has 0 fully saturated rings. The normalized spacial score (nSPS) is 11.9. The number of carboxylic acids is 1. The zero-order valence-electron chi connectivity index (χ0n) is 18.1. The molecule has 0 aromatic heterocycles. The number of amides is 2. The molecule has 170 valence electrons. The molecule has 0 saturated heterocycles. The molecule has 0 spiro atoms. The van der Waals surface area contributed by atoms with E-state index in [0.29, 0.717) is 0 Å². The number of carbonyl (C=O) groups is 3. The van der Waals surface area contributed by atoms with Crippen molar-refractivity contribution in [1.82, 2.24) is 10.6 Å². The minimum atomic E-state index is -1.16. The quantitative estimate of drug-likeness (QED) is 0.357. The van der Waals surface area contributed by atoms with E-state index in [1.54, 1.807) is 0 Å². The van der Waals surface area contributed by atoms with Crippen molar-refractivity contribution in [3.63, 3.8) is 0 Å². The fraction of sp³-hybridized carbons (Fsp3) is 0.192. The summed E-state index contributed by atoms with van der Waals surface area (Å²) in [7, 11) is 0. The Balaban J connectivity index is 1.90. The van der Waals surface area contributed by atoms with Gasteiger partial charge in [-0.05, 0) is 23.1 Å². The monoisotopic (exact) mass is 445 g/mol. The van der Waals surface area contributed by atoms with Crippen molar-refractivity contribution in [1.29, 1.82) is 0 Å². The highest BCUT2D eigenvalue weighted by molar-refractivity contribution is 5.86. The van der Waals surface area contributed by atoms with Crippen molar-refractivity contribution in [2.24, 2.45) is 5.73 Å². The molecule has 0 radical (unpaired) electrons. The van der Waals surface area contributed by atoms with Crippen LogP contribution in [0.1, 0.15) is 29.5 Å². The molecule has 3 aromatic rings. The van der Waals surface area contributed by atoms with Gasteiger partial charge in [0.15, 0.2) is 0 Å². The second-order valence-corrected chi connectivity index (χ2v) is 7.65. The fourth-order valence-corrected chi connectivity index (χ4v) is 3.76. The Morgan fingerprint density at radius 3 is 1.61 bits per heavy atom. The van der Waals surface area contributed by atoms with Crippen LogP contribution in [0.3, 0.4) is 0 Å². The molecule has 0 unspecified atom stereocenters. The molecule has 7 nitrogen and oxygen atoms in total. The summed E-state index contributed by atoms with van der Waals surface area (Å²) < 4.78 is 0. The van der Waals surface area contributed by atoms with E-state index in [1.807, 2.05) is 91.0 Å². The van der Waals surface area contributed by atoms with Crippen molar-refractivity contribution in [2.75, 3.05) is 6.54 Å². The maximum atomic E-state index is 13.2. The van der Waals surface area contributed by atoms with E-state index in [1.165, 1.54) is 0 Å². The third-order valence-electron chi connectivity index (χ3n) is 5.38. The van der Waals surface area contributed by atoms with Crippen LogP contribution < -0.4 is 16.4 Å². The van der Waals surface area contributed by atoms with Gasteiger partial charge >= 0.3 is 5.97 Å². The Bertz CT molecular complexity index is 976. The van der Waals surface area contributed by atoms with Gasteiger partial charge in [0.05, 0.1) is 6.04 Å². The number of nitrogens with two attached hydrogens (primary N) is 1. The van der Waals surface area contributed by atoms with E-state index in [-0.39, 0.29) is 18.7 Å². The SMILES string of the molecule is N[C@@H](CCC(=O)NC(c1ccccc1)(c1ccccc1)c1ccccc1)C(=O)NCC(=O)O. The van der Waals surface area contributed by atoms with Gasteiger partial charge < -0.3 is 21.5 Å². The third-order valence-corrected chi connectivity index (χ3v) is 5.38. The maximum absolute atomic E-state index is 13.2. The van der Waals surface area contributed by atoms with E-state index in [9.17, 15) is 14.4 Å². The van der Waals surface area contributed by atoms with E-state index < -0.39 is 30.0 Å². The van der Waals surface area contributed by atoms with E-state index in [2.05, 4.69) is 10.6 Å². The van der Waals surface area contributed by atoms with Crippen LogP contribution in [0.2, 0.25) is 0 Å². The molecule has 3 aromatic carbocycles. The number of carbonyl (C=O) groups excluding carboxylic acids is 2. The van der Waals surface area contributed by atoms with Gasteiger partial charge in [-0.2, -0.15) is 0 Å². The average Bonchev–Trinajstić information content (AvgIpc) is 2.86. The molecule has 7 heteroatoms. The van der Waals surface area contributed by atoms with Gasteiger partial charge in [-0.25, -0.2) is 0 Å². The number of hydrogen-bond acceptors (Lipinski definition) is 4. The van der Waals surface area contributed by atoms with Gasteiger partial charge in [0.2, 0.25) is 11.8 Å². The van der Waals surface area contributed by atoms with Gasteiger partial charge in [0.25, 0.3) is 0 Å². The van der Waals surface area contributed by atoms with E-state index in [4.69, 9.17) is 10.8 Å². The highest BCUT2D eigenvalue weighted by atomic mass is 16.4.